The molecule has 0 unspecified atom stereocenters. The van der Waals surface area contributed by atoms with Crippen LogP contribution in [0.1, 0.15) is 30.1 Å². The van der Waals surface area contributed by atoms with E-state index < -0.39 is 12.6 Å². The number of methoxy groups -OCH3 is 2. The topological polar surface area (TPSA) is 64.8 Å². The Morgan fingerprint density at radius 1 is 1.13 bits per heavy atom. The highest BCUT2D eigenvalue weighted by Gasteiger charge is 2.32. The fraction of sp³-hybridized carbons (Fsp3) is 0.450. The standard InChI is InChI=1S/C20H21ClF3N5O2/c1-30-13-3-4-14(16(9-13)31-2)12-5-7-28(8-6-12)15-11-25-29-17(10-20(22,23)24)26-27-19(29)18(15)21/h3-4,9,11-12H,5-8,10H2,1-2H3. The maximum atomic E-state index is 12.7. The predicted molar refractivity (Wildman–Crippen MR) is 109 cm³/mol. The van der Waals surface area contributed by atoms with Crippen molar-refractivity contribution in [1.29, 1.82) is 0 Å². The number of hydrogen-bond donors (Lipinski definition) is 0. The van der Waals surface area contributed by atoms with Gasteiger partial charge in [0.15, 0.2) is 11.5 Å². The summed E-state index contributed by atoms with van der Waals surface area (Å²) in [5.74, 6) is 1.54. The molecule has 1 aromatic carbocycles. The highest BCUT2D eigenvalue weighted by molar-refractivity contribution is 6.36. The van der Waals surface area contributed by atoms with Crippen LogP contribution in [0.25, 0.3) is 5.65 Å². The Bertz CT molecular complexity index is 1080. The van der Waals surface area contributed by atoms with E-state index in [9.17, 15) is 13.2 Å². The van der Waals surface area contributed by atoms with Crippen LogP contribution < -0.4 is 14.4 Å². The van der Waals surface area contributed by atoms with E-state index in [-0.39, 0.29) is 16.5 Å². The molecule has 0 bridgehead atoms. The number of halogens is 4. The van der Waals surface area contributed by atoms with Crippen LogP contribution >= 0.6 is 11.6 Å². The summed E-state index contributed by atoms with van der Waals surface area (Å²) in [6.45, 7) is 1.42. The minimum absolute atomic E-state index is 0.123. The first-order chi connectivity index (χ1) is 14.8. The van der Waals surface area contributed by atoms with Crippen molar-refractivity contribution >= 4 is 22.9 Å². The molecule has 0 radical (unpaired) electrons. The lowest BCUT2D eigenvalue weighted by atomic mass is 9.88. The zero-order valence-corrected chi connectivity index (χ0v) is 17.7. The number of aromatic nitrogens is 4. The van der Waals surface area contributed by atoms with Crippen molar-refractivity contribution in [2.75, 3.05) is 32.2 Å². The largest absolute Gasteiger partial charge is 0.497 e. The Kier molecular flexibility index (Phi) is 5.83. The lowest BCUT2D eigenvalue weighted by Gasteiger charge is -2.34. The molecule has 0 spiro atoms. The van der Waals surface area contributed by atoms with E-state index in [2.05, 4.69) is 20.2 Å². The van der Waals surface area contributed by atoms with Crippen LogP contribution in [0.3, 0.4) is 0 Å². The second kappa shape index (κ2) is 8.41. The quantitative estimate of drug-likeness (QED) is 0.572. The van der Waals surface area contributed by atoms with Crippen LogP contribution in [0.5, 0.6) is 11.5 Å². The monoisotopic (exact) mass is 455 g/mol. The van der Waals surface area contributed by atoms with Crippen molar-refractivity contribution in [3.05, 3.63) is 40.8 Å². The maximum Gasteiger partial charge on any atom is 0.396 e. The highest BCUT2D eigenvalue weighted by Crippen LogP contribution is 2.39. The van der Waals surface area contributed by atoms with E-state index in [1.54, 1.807) is 14.2 Å². The van der Waals surface area contributed by atoms with Crippen LogP contribution in [-0.4, -0.2) is 53.3 Å². The van der Waals surface area contributed by atoms with Gasteiger partial charge in [0.25, 0.3) is 0 Å². The van der Waals surface area contributed by atoms with Gasteiger partial charge in [0.1, 0.15) is 22.9 Å². The number of piperidine rings is 1. The Balaban J connectivity index is 1.52. The zero-order chi connectivity index (χ0) is 22.2. The molecule has 1 aliphatic heterocycles. The molecule has 0 saturated carbocycles. The maximum absolute atomic E-state index is 12.7. The molecule has 2 aromatic heterocycles. The number of benzene rings is 1. The normalized spacial score (nSPS) is 15.5. The van der Waals surface area contributed by atoms with Crippen LogP contribution in [-0.2, 0) is 6.42 Å². The van der Waals surface area contributed by atoms with E-state index in [0.717, 1.165) is 34.4 Å². The lowest BCUT2D eigenvalue weighted by molar-refractivity contribution is -0.128. The van der Waals surface area contributed by atoms with E-state index in [1.165, 1.54) is 6.20 Å². The van der Waals surface area contributed by atoms with Gasteiger partial charge in [0.05, 0.1) is 26.1 Å². The molecule has 11 heteroatoms. The molecule has 0 aliphatic carbocycles. The molecular formula is C20H21ClF3N5O2. The molecule has 1 saturated heterocycles. The summed E-state index contributed by atoms with van der Waals surface area (Å²) in [4.78, 5) is 2.07. The van der Waals surface area contributed by atoms with E-state index >= 15 is 0 Å². The molecule has 31 heavy (non-hydrogen) atoms. The number of rotatable bonds is 5. The van der Waals surface area contributed by atoms with E-state index in [4.69, 9.17) is 21.1 Å². The fourth-order valence-electron chi connectivity index (χ4n) is 3.95. The van der Waals surface area contributed by atoms with Gasteiger partial charge in [-0.3, -0.25) is 0 Å². The van der Waals surface area contributed by atoms with E-state index in [1.807, 2.05) is 18.2 Å². The van der Waals surface area contributed by atoms with Gasteiger partial charge in [0.2, 0.25) is 0 Å². The molecule has 0 amide bonds. The van der Waals surface area contributed by atoms with Gasteiger partial charge in [0, 0.05) is 19.2 Å². The number of fused-ring (bicyclic) bond motifs is 1. The molecule has 1 aliphatic rings. The molecule has 166 valence electrons. The smallest absolute Gasteiger partial charge is 0.396 e. The molecule has 3 heterocycles. The third kappa shape index (κ3) is 4.34. The summed E-state index contributed by atoms with van der Waals surface area (Å²) >= 11 is 6.47. The number of ether oxygens (including phenoxy) is 2. The number of alkyl halides is 3. The van der Waals surface area contributed by atoms with Crippen LogP contribution in [0.4, 0.5) is 18.9 Å². The Morgan fingerprint density at radius 2 is 1.87 bits per heavy atom. The van der Waals surface area contributed by atoms with Gasteiger partial charge >= 0.3 is 6.18 Å². The number of anilines is 1. The lowest BCUT2D eigenvalue weighted by Crippen LogP contribution is -2.33. The van der Waals surface area contributed by atoms with Crippen molar-refractivity contribution in [2.24, 2.45) is 0 Å². The van der Waals surface area contributed by atoms with Crippen LogP contribution in [0.15, 0.2) is 24.4 Å². The third-order valence-corrected chi connectivity index (χ3v) is 5.86. The first-order valence-corrected chi connectivity index (χ1v) is 10.1. The van der Waals surface area contributed by atoms with Gasteiger partial charge in [-0.2, -0.15) is 22.8 Å². The Labute approximate surface area is 181 Å². The van der Waals surface area contributed by atoms with Crippen molar-refractivity contribution in [2.45, 2.75) is 31.4 Å². The summed E-state index contributed by atoms with van der Waals surface area (Å²) in [7, 11) is 3.25. The number of hydrogen-bond acceptors (Lipinski definition) is 6. The Morgan fingerprint density at radius 3 is 2.52 bits per heavy atom. The molecule has 0 N–H and O–H groups in total. The average Bonchev–Trinajstić information content (AvgIpc) is 3.15. The zero-order valence-electron chi connectivity index (χ0n) is 17.0. The summed E-state index contributed by atoms with van der Waals surface area (Å²) in [6, 6.07) is 5.82. The average molecular weight is 456 g/mol. The summed E-state index contributed by atoms with van der Waals surface area (Å²) in [5, 5.41) is 11.8. The van der Waals surface area contributed by atoms with Crippen LogP contribution in [0.2, 0.25) is 5.02 Å². The summed E-state index contributed by atoms with van der Waals surface area (Å²) in [6.07, 6.45) is -2.43. The van der Waals surface area contributed by atoms with Crippen molar-refractivity contribution in [1.82, 2.24) is 19.8 Å². The SMILES string of the molecule is COc1ccc(C2CCN(c3cnn4c(CC(F)(F)F)nnc4c3Cl)CC2)c(OC)c1. The second-order valence-corrected chi connectivity index (χ2v) is 7.73. The molecule has 4 rings (SSSR count). The highest BCUT2D eigenvalue weighted by atomic mass is 35.5. The van der Waals surface area contributed by atoms with Gasteiger partial charge < -0.3 is 14.4 Å². The molecule has 7 nitrogen and oxygen atoms in total. The molecule has 1 fully saturated rings. The summed E-state index contributed by atoms with van der Waals surface area (Å²) < 4.78 is 50.0. The van der Waals surface area contributed by atoms with Crippen LogP contribution in [0, 0.1) is 0 Å². The first-order valence-electron chi connectivity index (χ1n) is 9.73. The van der Waals surface area contributed by atoms with Gasteiger partial charge in [-0.15, -0.1) is 10.2 Å². The first kappa shape index (κ1) is 21.5. The molecular weight excluding hydrogens is 435 g/mol. The number of nitrogens with zero attached hydrogens (tertiary/aromatic N) is 5. The van der Waals surface area contributed by atoms with Gasteiger partial charge in [-0.25, -0.2) is 0 Å². The van der Waals surface area contributed by atoms with Gasteiger partial charge in [-0.05, 0) is 30.4 Å². The Hall–Kier alpha value is -2.75. The van der Waals surface area contributed by atoms with Crippen molar-refractivity contribution in [3.63, 3.8) is 0 Å². The predicted octanol–water partition coefficient (Wildman–Crippen LogP) is 4.28. The molecule has 3 aromatic rings. The minimum atomic E-state index is -4.40. The third-order valence-electron chi connectivity index (χ3n) is 5.50. The molecule has 0 atom stereocenters. The van der Waals surface area contributed by atoms with Crippen molar-refractivity contribution in [3.8, 4) is 11.5 Å². The second-order valence-electron chi connectivity index (χ2n) is 7.36. The summed E-state index contributed by atoms with van der Waals surface area (Å²) in [5.41, 5.74) is 1.88. The van der Waals surface area contributed by atoms with Gasteiger partial charge in [-0.1, -0.05) is 17.7 Å². The fourth-order valence-corrected chi connectivity index (χ4v) is 4.24. The minimum Gasteiger partial charge on any atom is -0.497 e. The van der Waals surface area contributed by atoms with E-state index in [0.29, 0.717) is 24.7 Å². The van der Waals surface area contributed by atoms with Crippen molar-refractivity contribution < 1.29 is 22.6 Å².